The summed E-state index contributed by atoms with van der Waals surface area (Å²) >= 11 is 0. The lowest BCUT2D eigenvalue weighted by Crippen LogP contribution is -1.97. The lowest BCUT2D eigenvalue weighted by atomic mass is 10.1. The molecule has 0 atom stereocenters. The highest BCUT2D eigenvalue weighted by Gasteiger charge is 2.13. The Hall–Kier alpha value is -2.10. The molecule has 0 amide bonds. The van der Waals surface area contributed by atoms with Crippen molar-refractivity contribution in [3.63, 3.8) is 0 Å². The Balaban J connectivity index is 2.61. The molecule has 0 spiro atoms. The summed E-state index contributed by atoms with van der Waals surface area (Å²) in [5, 5.41) is 0. The molecule has 0 aliphatic carbocycles. The molecule has 4 heteroatoms. The second kappa shape index (κ2) is 5.04. The van der Waals surface area contributed by atoms with Crippen molar-refractivity contribution in [2.45, 2.75) is 13.8 Å². The summed E-state index contributed by atoms with van der Waals surface area (Å²) in [4.78, 5) is 8.52. The topological polar surface area (TPSA) is 44.2 Å². The van der Waals surface area contributed by atoms with Crippen LogP contribution in [0, 0.1) is 13.8 Å². The van der Waals surface area contributed by atoms with Crippen LogP contribution in [0.3, 0.4) is 0 Å². The van der Waals surface area contributed by atoms with Gasteiger partial charge in [-0.05, 0) is 32.0 Å². The predicted octanol–water partition coefficient (Wildman–Crippen LogP) is 2.78. The van der Waals surface area contributed by atoms with Crippen LogP contribution in [0.25, 0.3) is 11.3 Å². The Morgan fingerprint density at radius 3 is 2.39 bits per heavy atom. The number of aryl methyl sites for hydroxylation is 1. The van der Waals surface area contributed by atoms with Crippen molar-refractivity contribution >= 4 is 0 Å². The minimum atomic E-state index is 0.739. The normalized spacial score (nSPS) is 10.2. The van der Waals surface area contributed by atoms with Crippen LogP contribution in [-0.2, 0) is 0 Å². The molecule has 0 bridgehead atoms. The Kier molecular flexibility index (Phi) is 3.46. The SMILES string of the molecule is COc1ccc(-c2ccnc(C)n2)c(OC)c1C. The number of methoxy groups -OCH3 is 2. The first-order chi connectivity index (χ1) is 8.67. The van der Waals surface area contributed by atoms with E-state index in [9.17, 15) is 0 Å². The average molecular weight is 244 g/mol. The van der Waals surface area contributed by atoms with E-state index in [1.165, 1.54) is 0 Å². The fourth-order valence-electron chi connectivity index (χ4n) is 1.97. The van der Waals surface area contributed by atoms with Crippen LogP contribution < -0.4 is 9.47 Å². The van der Waals surface area contributed by atoms with Crippen molar-refractivity contribution in [2.75, 3.05) is 14.2 Å². The van der Waals surface area contributed by atoms with Gasteiger partial charge in [-0.15, -0.1) is 0 Å². The van der Waals surface area contributed by atoms with Crippen LogP contribution in [0.2, 0.25) is 0 Å². The largest absolute Gasteiger partial charge is 0.496 e. The first kappa shape index (κ1) is 12.4. The average Bonchev–Trinajstić information content (AvgIpc) is 2.38. The molecule has 0 radical (unpaired) electrons. The summed E-state index contributed by atoms with van der Waals surface area (Å²) in [5.74, 6) is 2.33. The lowest BCUT2D eigenvalue weighted by Gasteiger charge is -2.14. The van der Waals surface area contributed by atoms with Crippen LogP contribution in [0.1, 0.15) is 11.4 Å². The lowest BCUT2D eigenvalue weighted by molar-refractivity contribution is 0.390. The van der Waals surface area contributed by atoms with Gasteiger partial charge in [0.1, 0.15) is 17.3 Å². The maximum absolute atomic E-state index is 5.47. The van der Waals surface area contributed by atoms with Gasteiger partial charge in [0.05, 0.1) is 19.9 Å². The van der Waals surface area contributed by atoms with E-state index < -0.39 is 0 Å². The zero-order valence-corrected chi connectivity index (χ0v) is 11.0. The van der Waals surface area contributed by atoms with Crippen LogP contribution in [0.4, 0.5) is 0 Å². The monoisotopic (exact) mass is 244 g/mol. The number of aromatic nitrogens is 2. The fraction of sp³-hybridized carbons (Fsp3) is 0.286. The quantitative estimate of drug-likeness (QED) is 0.832. The summed E-state index contributed by atoms with van der Waals surface area (Å²) < 4.78 is 10.8. The zero-order chi connectivity index (χ0) is 13.1. The van der Waals surface area contributed by atoms with E-state index in [1.54, 1.807) is 20.4 Å². The minimum Gasteiger partial charge on any atom is -0.496 e. The van der Waals surface area contributed by atoms with Gasteiger partial charge in [0.2, 0.25) is 0 Å². The van der Waals surface area contributed by atoms with Gasteiger partial charge >= 0.3 is 0 Å². The third-order valence-electron chi connectivity index (χ3n) is 2.83. The molecule has 2 rings (SSSR count). The van der Waals surface area contributed by atoms with E-state index in [0.717, 1.165) is 34.1 Å². The summed E-state index contributed by atoms with van der Waals surface area (Å²) in [7, 11) is 3.30. The summed E-state index contributed by atoms with van der Waals surface area (Å²) in [6.07, 6.45) is 1.75. The van der Waals surface area contributed by atoms with E-state index >= 15 is 0 Å². The number of benzene rings is 1. The molecule has 0 aliphatic heterocycles. The molecular formula is C14H16N2O2. The molecule has 0 unspecified atom stereocenters. The fourth-order valence-corrected chi connectivity index (χ4v) is 1.97. The molecule has 1 aromatic heterocycles. The van der Waals surface area contributed by atoms with Crippen LogP contribution in [0.15, 0.2) is 24.4 Å². The molecule has 4 nitrogen and oxygen atoms in total. The van der Waals surface area contributed by atoms with Crippen molar-refractivity contribution in [3.05, 3.63) is 35.8 Å². The van der Waals surface area contributed by atoms with Gasteiger partial charge in [0.25, 0.3) is 0 Å². The number of rotatable bonds is 3. The molecular weight excluding hydrogens is 228 g/mol. The van der Waals surface area contributed by atoms with E-state index in [-0.39, 0.29) is 0 Å². The number of hydrogen-bond donors (Lipinski definition) is 0. The summed E-state index contributed by atoms with van der Waals surface area (Å²) in [5.41, 5.74) is 2.76. The van der Waals surface area contributed by atoms with Crippen molar-refractivity contribution in [2.24, 2.45) is 0 Å². The van der Waals surface area contributed by atoms with Gasteiger partial charge in [-0.3, -0.25) is 0 Å². The second-order valence-corrected chi connectivity index (χ2v) is 3.96. The number of ether oxygens (including phenoxy) is 2. The highest BCUT2D eigenvalue weighted by Crippen LogP contribution is 2.36. The molecule has 94 valence electrons. The second-order valence-electron chi connectivity index (χ2n) is 3.96. The molecule has 0 aliphatic rings. The van der Waals surface area contributed by atoms with E-state index in [4.69, 9.17) is 9.47 Å². The van der Waals surface area contributed by atoms with E-state index in [1.807, 2.05) is 32.0 Å². The molecule has 0 N–H and O–H groups in total. The Labute approximate surface area is 107 Å². The van der Waals surface area contributed by atoms with Crippen molar-refractivity contribution in [3.8, 4) is 22.8 Å². The summed E-state index contributed by atoms with van der Waals surface area (Å²) in [6.45, 7) is 3.83. The molecule has 1 aromatic carbocycles. The van der Waals surface area contributed by atoms with Crippen molar-refractivity contribution in [1.29, 1.82) is 0 Å². The van der Waals surface area contributed by atoms with Crippen molar-refractivity contribution < 1.29 is 9.47 Å². The maximum atomic E-state index is 5.47. The Morgan fingerprint density at radius 2 is 1.78 bits per heavy atom. The van der Waals surface area contributed by atoms with E-state index in [2.05, 4.69) is 9.97 Å². The molecule has 1 heterocycles. The van der Waals surface area contributed by atoms with Crippen LogP contribution >= 0.6 is 0 Å². The summed E-state index contributed by atoms with van der Waals surface area (Å²) in [6, 6.07) is 5.74. The van der Waals surface area contributed by atoms with Crippen LogP contribution in [-0.4, -0.2) is 24.2 Å². The van der Waals surface area contributed by atoms with Gasteiger partial charge in [-0.2, -0.15) is 0 Å². The zero-order valence-electron chi connectivity index (χ0n) is 11.0. The molecule has 18 heavy (non-hydrogen) atoms. The molecule has 0 saturated heterocycles. The highest BCUT2D eigenvalue weighted by molar-refractivity contribution is 5.71. The minimum absolute atomic E-state index is 0.739. The van der Waals surface area contributed by atoms with Gasteiger partial charge < -0.3 is 9.47 Å². The highest BCUT2D eigenvalue weighted by atomic mass is 16.5. The smallest absolute Gasteiger partial charge is 0.134 e. The maximum Gasteiger partial charge on any atom is 0.134 e. The van der Waals surface area contributed by atoms with Gasteiger partial charge in [-0.25, -0.2) is 9.97 Å². The first-order valence-electron chi connectivity index (χ1n) is 5.69. The van der Waals surface area contributed by atoms with Crippen molar-refractivity contribution in [1.82, 2.24) is 9.97 Å². The predicted molar refractivity (Wildman–Crippen MR) is 70.0 cm³/mol. The Bertz CT molecular complexity index is 568. The van der Waals surface area contributed by atoms with Crippen LogP contribution in [0.5, 0.6) is 11.5 Å². The molecule has 2 aromatic rings. The number of hydrogen-bond acceptors (Lipinski definition) is 4. The molecule has 0 saturated carbocycles. The van der Waals surface area contributed by atoms with E-state index in [0.29, 0.717) is 0 Å². The van der Waals surface area contributed by atoms with Gasteiger partial charge in [0, 0.05) is 17.3 Å². The first-order valence-corrected chi connectivity index (χ1v) is 5.69. The third-order valence-corrected chi connectivity index (χ3v) is 2.83. The van der Waals surface area contributed by atoms with Gasteiger partial charge in [-0.1, -0.05) is 0 Å². The standard InChI is InChI=1S/C14H16N2O2/c1-9-13(17-3)6-5-11(14(9)18-4)12-7-8-15-10(2)16-12/h5-8H,1-4H3. The Morgan fingerprint density at radius 1 is 1.00 bits per heavy atom. The molecule has 0 fully saturated rings. The number of nitrogens with zero attached hydrogens (tertiary/aromatic N) is 2. The third kappa shape index (κ3) is 2.14. The van der Waals surface area contributed by atoms with Gasteiger partial charge in [0.15, 0.2) is 0 Å².